The number of aromatic nitrogens is 3. The minimum atomic E-state index is -0.0930. The van der Waals surface area contributed by atoms with Gasteiger partial charge in [0.1, 0.15) is 5.52 Å². The smallest absolute Gasteiger partial charge is 0.278 e. The van der Waals surface area contributed by atoms with Crippen LogP contribution in [-0.2, 0) is 4.79 Å². The predicted octanol–water partition coefficient (Wildman–Crippen LogP) is 2.23. The first-order valence-electron chi connectivity index (χ1n) is 7.45. The molecule has 0 spiro atoms. The topological polar surface area (TPSA) is 79.8 Å². The van der Waals surface area contributed by atoms with Crippen LogP contribution in [0.3, 0.4) is 0 Å². The molecule has 0 fully saturated rings. The monoisotopic (exact) mass is 322 g/mol. The van der Waals surface area contributed by atoms with Crippen LogP contribution in [0, 0.1) is 6.92 Å². The van der Waals surface area contributed by atoms with Crippen molar-refractivity contribution in [2.45, 2.75) is 45.3 Å². The number of hydrogen-bond donors (Lipinski definition) is 2. The van der Waals surface area contributed by atoms with E-state index in [-0.39, 0.29) is 23.3 Å². The van der Waals surface area contributed by atoms with Crippen molar-refractivity contribution in [3.8, 4) is 0 Å². The van der Waals surface area contributed by atoms with Gasteiger partial charge in [-0.3, -0.25) is 14.2 Å². The van der Waals surface area contributed by atoms with Gasteiger partial charge in [0.05, 0.1) is 11.3 Å². The molecule has 2 heterocycles. The fraction of sp³-hybridized carbons (Fsp3) is 0.533. The number of fused-ring (bicyclic) bond motifs is 1. The summed E-state index contributed by atoms with van der Waals surface area (Å²) in [6.07, 6.45) is 0.903. The molecular weight excluding hydrogens is 300 g/mol. The van der Waals surface area contributed by atoms with Crippen LogP contribution in [0.1, 0.15) is 38.9 Å². The van der Waals surface area contributed by atoms with Crippen LogP contribution in [0.15, 0.2) is 16.0 Å². The van der Waals surface area contributed by atoms with Crippen molar-refractivity contribution in [3.05, 3.63) is 22.1 Å². The number of H-pyrrole nitrogens is 1. The summed E-state index contributed by atoms with van der Waals surface area (Å²) in [5.74, 6) is 0.218. The Labute approximate surface area is 133 Å². The second-order valence-corrected chi connectivity index (χ2v) is 6.46. The van der Waals surface area contributed by atoms with E-state index in [2.05, 4.69) is 15.3 Å². The van der Waals surface area contributed by atoms with Gasteiger partial charge in [0.2, 0.25) is 5.91 Å². The maximum Gasteiger partial charge on any atom is 0.278 e. The number of nitrogens with one attached hydrogen (secondary N) is 2. The largest absolute Gasteiger partial charge is 0.355 e. The third kappa shape index (κ3) is 3.52. The summed E-state index contributed by atoms with van der Waals surface area (Å²) < 4.78 is 1.63. The van der Waals surface area contributed by atoms with Crippen LogP contribution in [0.2, 0.25) is 0 Å². The van der Waals surface area contributed by atoms with Gasteiger partial charge in [-0.2, -0.15) is 0 Å². The Morgan fingerprint density at radius 3 is 2.86 bits per heavy atom. The highest BCUT2D eigenvalue weighted by Crippen LogP contribution is 2.21. The molecule has 0 aliphatic heterocycles. The Morgan fingerprint density at radius 2 is 2.23 bits per heavy atom. The minimum absolute atomic E-state index is 0.0193. The first-order chi connectivity index (χ1) is 10.4. The Bertz CT molecular complexity index is 733. The molecule has 6 nitrogen and oxygen atoms in total. The highest BCUT2D eigenvalue weighted by atomic mass is 32.2. The van der Waals surface area contributed by atoms with Crippen LogP contribution in [0.25, 0.3) is 11.0 Å². The molecule has 2 N–H and O–H groups in total. The summed E-state index contributed by atoms with van der Waals surface area (Å²) in [5, 5.41) is 3.41. The van der Waals surface area contributed by atoms with Crippen molar-refractivity contribution in [2.24, 2.45) is 0 Å². The zero-order chi connectivity index (χ0) is 16.3. The Morgan fingerprint density at radius 1 is 1.50 bits per heavy atom. The number of carbonyl (C=O) groups is 1. The number of aromatic amines is 1. The molecule has 0 atom stereocenters. The molecule has 7 heteroatoms. The zero-order valence-corrected chi connectivity index (χ0v) is 14.2. The van der Waals surface area contributed by atoms with E-state index in [1.807, 2.05) is 33.8 Å². The first-order valence-corrected chi connectivity index (χ1v) is 8.44. The van der Waals surface area contributed by atoms with E-state index in [9.17, 15) is 9.59 Å². The molecule has 0 saturated carbocycles. The lowest BCUT2D eigenvalue weighted by atomic mass is 10.3. The lowest BCUT2D eigenvalue weighted by molar-refractivity contribution is -0.118. The second-order valence-electron chi connectivity index (χ2n) is 5.51. The normalized spacial score (nSPS) is 11.3. The van der Waals surface area contributed by atoms with Crippen LogP contribution < -0.4 is 10.9 Å². The molecule has 2 rings (SSSR count). The second kappa shape index (κ2) is 7.00. The highest BCUT2D eigenvalue weighted by molar-refractivity contribution is 7.99. The summed E-state index contributed by atoms with van der Waals surface area (Å²) in [6.45, 7) is 8.44. The Hall–Kier alpha value is -1.76. The predicted molar refractivity (Wildman–Crippen MR) is 89.5 cm³/mol. The van der Waals surface area contributed by atoms with Crippen molar-refractivity contribution in [1.29, 1.82) is 0 Å². The van der Waals surface area contributed by atoms with Crippen LogP contribution >= 0.6 is 11.8 Å². The fourth-order valence-corrected chi connectivity index (χ4v) is 3.15. The number of nitrogens with zero attached hydrogens (tertiary/aromatic N) is 2. The Balaban J connectivity index is 2.33. The lowest BCUT2D eigenvalue weighted by Gasteiger charge is -2.14. The van der Waals surface area contributed by atoms with E-state index in [1.165, 1.54) is 11.8 Å². The SMILES string of the molecule is CCCNC(=O)CSc1nc2cc(C)[nH]c2c(=O)n1C(C)C. The van der Waals surface area contributed by atoms with Crippen molar-refractivity contribution >= 4 is 28.7 Å². The van der Waals surface area contributed by atoms with E-state index < -0.39 is 0 Å². The molecule has 22 heavy (non-hydrogen) atoms. The third-order valence-electron chi connectivity index (χ3n) is 3.21. The Kier molecular flexibility index (Phi) is 5.28. The van der Waals surface area contributed by atoms with E-state index in [0.717, 1.165) is 12.1 Å². The zero-order valence-electron chi connectivity index (χ0n) is 13.4. The maximum absolute atomic E-state index is 12.6. The molecule has 120 valence electrons. The number of rotatable bonds is 6. The van der Waals surface area contributed by atoms with Gasteiger partial charge in [-0.25, -0.2) is 4.98 Å². The highest BCUT2D eigenvalue weighted by Gasteiger charge is 2.16. The van der Waals surface area contributed by atoms with Crippen molar-refractivity contribution in [3.63, 3.8) is 0 Å². The fourth-order valence-electron chi connectivity index (χ4n) is 2.19. The quantitative estimate of drug-likeness (QED) is 0.631. The van der Waals surface area contributed by atoms with Gasteiger partial charge >= 0.3 is 0 Å². The molecule has 0 unspecified atom stereocenters. The summed E-state index contributed by atoms with van der Waals surface area (Å²) in [4.78, 5) is 32.0. The van der Waals surface area contributed by atoms with Gasteiger partial charge in [-0.1, -0.05) is 18.7 Å². The van der Waals surface area contributed by atoms with Gasteiger partial charge in [-0.05, 0) is 33.3 Å². The van der Waals surface area contributed by atoms with Crippen LogP contribution in [0.4, 0.5) is 0 Å². The number of aryl methyl sites for hydroxylation is 1. The summed E-state index contributed by atoms with van der Waals surface area (Å²) in [6, 6.07) is 1.83. The van der Waals surface area contributed by atoms with Gasteiger partial charge in [0.25, 0.3) is 5.56 Å². The van der Waals surface area contributed by atoms with Gasteiger partial charge in [0, 0.05) is 18.3 Å². The molecule has 2 aromatic rings. The first kappa shape index (κ1) is 16.6. The van der Waals surface area contributed by atoms with Gasteiger partial charge < -0.3 is 10.3 Å². The number of amides is 1. The number of carbonyl (C=O) groups excluding carboxylic acids is 1. The maximum atomic E-state index is 12.6. The molecule has 0 saturated heterocycles. The summed E-state index contributed by atoms with van der Waals surface area (Å²) in [7, 11) is 0. The van der Waals surface area contributed by atoms with Crippen LogP contribution in [-0.4, -0.2) is 32.7 Å². The molecular formula is C15H22N4O2S. The summed E-state index contributed by atoms with van der Waals surface area (Å²) >= 11 is 1.30. The average Bonchev–Trinajstić information content (AvgIpc) is 2.83. The van der Waals surface area contributed by atoms with Crippen molar-refractivity contribution in [2.75, 3.05) is 12.3 Å². The molecule has 2 aromatic heterocycles. The summed E-state index contributed by atoms with van der Waals surface area (Å²) in [5.41, 5.74) is 1.98. The molecule has 0 bridgehead atoms. The van der Waals surface area contributed by atoms with E-state index in [0.29, 0.717) is 22.7 Å². The number of hydrogen-bond acceptors (Lipinski definition) is 4. The number of thioether (sulfide) groups is 1. The molecule has 1 amide bonds. The molecule has 0 aliphatic rings. The van der Waals surface area contributed by atoms with E-state index in [1.54, 1.807) is 4.57 Å². The van der Waals surface area contributed by atoms with Crippen molar-refractivity contribution < 1.29 is 4.79 Å². The van der Waals surface area contributed by atoms with E-state index >= 15 is 0 Å². The van der Waals surface area contributed by atoms with Crippen LogP contribution in [0.5, 0.6) is 0 Å². The van der Waals surface area contributed by atoms with E-state index in [4.69, 9.17) is 0 Å². The molecule has 0 aliphatic carbocycles. The third-order valence-corrected chi connectivity index (χ3v) is 4.16. The average molecular weight is 322 g/mol. The minimum Gasteiger partial charge on any atom is -0.355 e. The molecule has 0 aromatic carbocycles. The van der Waals surface area contributed by atoms with Gasteiger partial charge in [-0.15, -0.1) is 0 Å². The van der Waals surface area contributed by atoms with Crippen molar-refractivity contribution in [1.82, 2.24) is 19.9 Å². The lowest BCUT2D eigenvalue weighted by Crippen LogP contribution is -2.28. The molecule has 0 radical (unpaired) electrons. The van der Waals surface area contributed by atoms with Gasteiger partial charge in [0.15, 0.2) is 5.16 Å². The standard InChI is InChI=1S/C15H22N4O2S/c1-5-6-16-12(20)8-22-15-18-11-7-10(4)17-13(11)14(21)19(15)9(2)3/h7,9,17H,5-6,8H2,1-4H3,(H,16,20).